The third-order valence-corrected chi connectivity index (χ3v) is 5.28. The van der Waals surface area contributed by atoms with Crippen molar-refractivity contribution in [1.82, 2.24) is 0 Å². The van der Waals surface area contributed by atoms with Crippen molar-refractivity contribution in [2.75, 3.05) is 5.32 Å². The highest BCUT2D eigenvalue weighted by molar-refractivity contribution is 7.99. The lowest BCUT2D eigenvalue weighted by molar-refractivity contribution is -0.128. The van der Waals surface area contributed by atoms with E-state index in [2.05, 4.69) is 5.32 Å². The Kier molecular flexibility index (Phi) is 7.43. The van der Waals surface area contributed by atoms with Crippen LogP contribution < -0.4 is 5.32 Å². The third kappa shape index (κ3) is 5.47. The molecule has 2 rings (SSSR count). The number of hydrogen-bond donors (Lipinski definition) is 1. The van der Waals surface area contributed by atoms with Crippen LogP contribution in [0.15, 0.2) is 54.6 Å². The van der Waals surface area contributed by atoms with E-state index in [4.69, 9.17) is 0 Å². The molecule has 2 atom stereocenters. The molecule has 0 saturated heterocycles. The number of ketones is 1. The zero-order valence-electron chi connectivity index (χ0n) is 14.9. The van der Waals surface area contributed by atoms with Gasteiger partial charge in [0.1, 0.15) is 0 Å². The largest absolute Gasteiger partial charge is 0.325 e. The van der Waals surface area contributed by atoms with Gasteiger partial charge in [-0.05, 0) is 36.6 Å². The van der Waals surface area contributed by atoms with Crippen molar-refractivity contribution in [2.45, 2.75) is 31.3 Å². The summed E-state index contributed by atoms with van der Waals surface area (Å²) in [5, 5.41) is 11.5. The third-order valence-electron chi connectivity index (χ3n) is 4.05. The number of nitrogens with one attached hydrogen (secondary N) is 1. The van der Waals surface area contributed by atoms with E-state index in [1.807, 2.05) is 55.5 Å². The van der Waals surface area contributed by atoms with Gasteiger partial charge in [-0.25, -0.2) is 0 Å². The Labute approximate surface area is 158 Å². The van der Waals surface area contributed by atoms with Gasteiger partial charge in [-0.15, -0.1) is 11.8 Å². The maximum absolute atomic E-state index is 12.5. The maximum atomic E-state index is 12.5. The van der Waals surface area contributed by atoms with Crippen molar-refractivity contribution < 1.29 is 9.59 Å². The predicted octanol–water partition coefficient (Wildman–Crippen LogP) is 4.22. The number of benzene rings is 2. The molecule has 0 aliphatic carbocycles. The molecule has 0 aromatic heterocycles. The number of aryl methyl sites for hydroxylation is 1. The topological polar surface area (TPSA) is 70.0 Å². The zero-order chi connectivity index (χ0) is 18.9. The number of amides is 1. The molecule has 26 heavy (non-hydrogen) atoms. The predicted molar refractivity (Wildman–Crippen MR) is 106 cm³/mol. The molecule has 0 heterocycles. The minimum atomic E-state index is -1.31. The van der Waals surface area contributed by atoms with Gasteiger partial charge in [0.15, 0.2) is 11.7 Å². The lowest BCUT2D eigenvalue weighted by Crippen LogP contribution is -2.33. The van der Waals surface area contributed by atoms with E-state index in [1.54, 1.807) is 19.1 Å². The smallest absolute Gasteiger partial charge is 0.249 e. The first-order chi connectivity index (χ1) is 12.5. The number of anilines is 1. The van der Waals surface area contributed by atoms with Crippen LogP contribution in [0, 0.1) is 17.2 Å². The molecule has 2 unspecified atom stereocenters. The Balaban J connectivity index is 1.95. The van der Waals surface area contributed by atoms with E-state index in [9.17, 15) is 14.9 Å². The highest BCUT2D eigenvalue weighted by Crippen LogP contribution is 2.21. The molecule has 0 fully saturated rings. The summed E-state index contributed by atoms with van der Waals surface area (Å²) in [5.74, 6) is -1.59. The standard InChI is InChI=1S/C21H22N2O2S/c1-3-16-9-11-18(12-10-16)23-21(25)19(13-22)20(24)15(2)26-14-17-7-5-4-6-8-17/h4-12,15,19H,3,14H2,1-2H3,(H,23,25). The van der Waals surface area contributed by atoms with Gasteiger partial charge in [0.05, 0.1) is 11.3 Å². The van der Waals surface area contributed by atoms with Crippen molar-refractivity contribution in [3.63, 3.8) is 0 Å². The first-order valence-electron chi connectivity index (χ1n) is 8.53. The number of carbonyl (C=O) groups excluding carboxylic acids is 2. The molecule has 2 aromatic carbocycles. The molecule has 134 valence electrons. The van der Waals surface area contributed by atoms with Gasteiger partial charge < -0.3 is 5.32 Å². The van der Waals surface area contributed by atoms with Gasteiger partial charge in [-0.2, -0.15) is 5.26 Å². The second-order valence-corrected chi connectivity index (χ2v) is 7.27. The molecule has 5 heteroatoms. The SMILES string of the molecule is CCc1ccc(NC(=O)C(C#N)C(=O)C(C)SCc2ccccc2)cc1. The average molecular weight is 366 g/mol. The molecule has 0 radical (unpaired) electrons. The molecular weight excluding hydrogens is 344 g/mol. The summed E-state index contributed by atoms with van der Waals surface area (Å²) in [4.78, 5) is 24.9. The fourth-order valence-corrected chi connectivity index (χ4v) is 3.34. The van der Waals surface area contributed by atoms with Crippen molar-refractivity contribution in [3.05, 3.63) is 65.7 Å². The molecule has 0 aliphatic rings. The monoisotopic (exact) mass is 366 g/mol. The molecule has 4 nitrogen and oxygen atoms in total. The summed E-state index contributed by atoms with van der Waals surface area (Å²) in [6.45, 7) is 3.79. The highest BCUT2D eigenvalue weighted by atomic mass is 32.2. The number of carbonyl (C=O) groups is 2. The molecular formula is C21H22N2O2S. The van der Waals surface area contributed by atoms with Crippen molar-refractivity contribution in [2.24, 2.45) is 5.92 Å². The van der Waals surface area contributed by atoms with E-state index >= 15 is 0 Å². The van der Waals surface area contributed by atoms with Crippen LogP contribution in [0.5, 0.6) is 0 Å². The fourth-order valence-electron chi connectivity index (χ4n) is 2.40. The maximum Gasteiger partial charge on any atom is 0.249 e. The van der Waals surface area contributed by atoms with Gasteiger partial charge in [-0.1, -0.05) is 49.4 Å². The summed E-state index contributed by atoms with van der Waals surface area (Å²) in [5.41, 5.74) is 2.85. The first-order valence-corrected chi connectivity index (χ1v) is 9.58. The summed E-state index contributed by atoms with van der Waals surface area (Å²) in [6, 6.07) is 19.0. The van der Waals surface area contributed by atoms with Crippen molar-refractivity contribution >= 4 is 29.1 Å². The molecule has 0 spiro atoms. The van der Waals surface area contributed by atoms with Crippen LogP contribution in [0.2, 0.25) is 0 Å². The van der Waals surface area contributed by atoms with E-state index in [-0.39, 0.29) is 5.78 Å². The van der Waals surface area contributed by atoms with Crippen LogP contribution in [0.25, 0.3) is 0 Å². The van der Waals surface area contributed by atoms with Crippen LogP contribution in [0.3, 0.4) is 0 Å². The summed E-state index contributed by atoms with van der Waals surface area (Å²) in [6.07, 6.45) is 0.906. The lowest BCUT2D eigenvalue weighted by Gasteiger charge is -2.14. The summed E-state index contributed by atoms with van der Waals surface area (Å²) >= 11 is 1.43. The molecule has 0 saturated carbocycles. The van der Waals surface area contributed by atoms with Gasteiger partial charge in [-0.3, -0.25) is 9.59 Å². The highest BCUT2D eigenvalue weighted by Gasteiger charge is 2.30. The normalized spacial score (nSPS) is 12.7. The molecule has 1 N–H and O–H groups in total. The lowest BCUT2D eigenvalue weighted by atomic mass is 10.0. The molecule has 2 aromatic rings. The minimum Gasteiger partial charge on any atom is -0.325 e. The number of hydrogen-bond acceptors (Lipinski definition) is 4. The number of nitriles is 1. The van der Waals surface area contributed by atoms with Crippen molar-refractivity contribution in [1.29, 1.82) is 5.26 Å². The van der Waals surface area contributed by atoms with Crippen LogP contribution in [-0.2, 0) is 21.8 Å². The van der Waals surface area contributed by atoms with Crippen LogP contribution >= 0.6 is 11.8 Å². The summed E-state index contributed by atoms with van der Waals surface area (Å²) < 4.78 is 0. The second kappa shape index (κ2) is 9.79. The molecule has 1 amide bonds. The van der Waals surface area contributed by atoms with E-state index in [1.165, 1.54) is 11.8 Å². The average Bonchev–Trinajstić information content (AvgIpc) is 2.68. The van der Waals surface area contributed by atoms with Gasteiger partial charge in [0.2, 0.25) is 5.91 Å². The van der Waals surface area contributed by atoms with E-state index in [0.29, 0.717) is 11.4 Å². The Morgan fingerprint density at radius 3 is 2.31 bits per heavy atom. The first kappa shape index (κ1) is 19.7. The van der Waals surface area contributed by atoms with Crippen molar-refractivity contribution in [3.8, 4) is 6.07 Å². The minimum absolute atomic E-state index is 0.365. The Morgan fingerprint density at radius 2 is 1.73 bits per heavy atom. The molecule has 0 aliphatic heterocycles. The Morgan fingerprint density at radius 1 is 1.08 bits per heavy atom. The van der Waals surface area contributed by atoms with Gasteiger partial charge in [0, 0.05) is 11.4 Å². The summed E-state index contributed by atoms with van der Waals surface area (Å²) in [7, 11) is 0. The van der Waals surface area contributed by atoms with Gasteiger partial charge in [0.25, 0.3) is 0 Å². The zero-order valence-corrected chi connectivity index (χ0v) is 15.8. The van der Waals surface area contributed by atoms with E-state index in [0.717, 1.165) is 17.5 Å². The van der Waals surface area contributed by atoms with Crippen LogP contribution in [0.1, 0.15) is 25.0 Å². The number of rotatable bonds is 8. The van der Waals surface area contributed by atoms with Gasteiger partial charge >= 0.3 is 0 Å². The Bertz CT molecular complexity index is 782. The number of nitrogens with zero attached hydrogens (tertiary/aromatic N) is 1. The second-order valence-electron chi connectivity index (χ2n) is 5.94. The number of thioether (sulfide) groups is 1. The van der Waals surface area contributed by atoms with E-state index < -0.39 is 17.1 Å². The number of Topliss-reactive ketones (excluding diaryl/α,β-unsaturated/α-hetero) is 1. The van der Waals surface area contributed by atoms with Crippen LogP contribution in [-0.4, -0.2) is 16.9 Å². The Hall–Kier alpha value is -2.58. The quantitative estimate of drug-likeness (QED) is 0.710. The fraction of sp³-hybridized carbons (Fsp3) is 0.286. The molecule has 0 bridgehead atoms. The van der Waals surface area contributed by atoms with Crippen LogP contribution in [0.4, 0.5) is 5.69 Å².